The van der Waals surface area contributed by atoms with Gasteiger partial charge < -0.3 is 10.3 Å². The van der Waals surface area contributed by atoms with E-state index in [-0.39, 0.29) is 16.8 Å². The van der Waals surface area contributed by atoms with E-state index in [4.69, 9.17) is 5.26 Å². The molecule has 23 heavy (non-hydrogen) atoms. The number of aromatic amines is 1. The number of carbonyl (C=O) groups is 2. The minimum atomic E-state index is -0.641. The van der Waals surface area contributed by atoms with Crippen molar-refractivity contribution < 1.29 is 9.59 Å². The Bertz CT molecular complexity index is 740. The first-order valence-electron chi connectivity index (χ1n) is 7.77. The topological polar surface area (TPSA) is 103 Å². The minimum Gasteiger partial charge on any atom is -0.336 e. The smallest absolute Gasteiger partial charge is 0.261 e. The zero-order valence-corrected chi connectivity index (χ0v) is 13.7. The molecule has 1 aromatic rings. The minimum absolute atomic E-state index is 0.0769. The molecule has 122 valence electrons. The third-order valence-electron chi connectivity index (χ3n) is 4.00. The van der Waals surface area contributed by atoms with Gasteiger partial charge in [0.1, 0.15) is 11.6 Å². The van der Waals surface area contributed by atoms with E-state index in [1.165, 1.54) is 6.07 Å². The number of nitrogens with zero attached hydrogens (tertiary/aromatic N) is 1. The lowest BCUT2D eigenvalue weighted by molar-refractivity contribution is 0.0910. The van der Waals surface area contributed by atoms with Crippen molar-refractivity contribution in [2.24, 2.45) is 5.41 Å². The SMILES string of the molecule is CCCC(C#N)NC(=O)c1cc2c([nH]c1=O)CC(C)(C)CC2=O. The van der Waals surface area contributed by atoms with Gasteiger partial charge in [-0.2, -0.15) is 5.26 Å². The summed E-state index contributed by atoms with van der Waals surface area (Å²) in [6.07, 6.45) is 2.22. The van der Waals surface area contributed by atoms with Crippen molar-refractivity contribution in [1.29, 1.82) is 5.26 Å². The molecule has 0 saturated carbocycles. The lowest BCUT2D eigenvalue weighted by atomic mass is 9.75. The van der Waals surface area contributed by atoms with E-state index in [1.54, 1.807) is 0 Å². The first-order chi connectivity index (χ1) is 10.8. The summed E-state index contributed by atoms with van der Waals surface area (Å²) in [6, 6.07) is 2.72. The fraction of sp³-hybridized carbons (Fsp3) is 0.529. The molecule has 2 N–H and O–H groups in total. The lowest BCUT2D eigenvalue weighted by Crippen LogP contribution is -2.38. The maximum Gasteiger partial charge on any atom is 0.261 e. The van der Waals surface area contributed by atoms with Crippen molar-refractivity contribution in [3.05, 3.63) is 33.2 Å². The van der Waals surface area contributed by atoms with Crippen LogP contribution in [0.5, 0.6) is 0 Å². The van der Waals surface area contributed by atoms with E-state index >= 15 is 0 Å². The molecule has 2 rings (SSSR count). The summed E-state index contributed by atoms with van der Waals surface area (Å²) in [7, 11) is 0. The van der Waals surface area contributed by atoms with Crippen LogP contribution in [0, 0.1) is 16.7 Å². The highest BCUT2D eigenvalue weighted by Gasteiger charge is 2.32. The Labute approximate surface area is 134 Å². The zero-order chi connectivity index (χ0) is 17.2. The third kappa shape index (κ3) is 3.67. The number of hydrogen-bond acceptors (Lipinski definition) is 4. The summed E-state index contributed by atoms with van der Waals surface area (Å²) in [5.74, 6) is -0.696. The van der Waals surface area contributed by atoms with Gasteiger partial charge >= 0.3 is 0 Å². The van der Waals surface area contributed by atoms with Crippen LogP contribution in [0.2, 0.25) is 0 Å². The molecular weight excluding hydrogens is 294 g/mol. The molecule has 1 aliphatic rings. The van der Waals surface area contributed by atoms with Crippen molar-refractivity contribution in [2.45, 2.75) is 52.5 Å². The van der Waals surface area contributed by atoms with Gasteiger partial charge in [0.15, 0.2) is 5.78 Å². The Kier molecular flexibility index (Phi) is 4.69. The highest BCUT2D eigenvalue weighted by molar-refractivity contribution is 6.02. The monoisotopic (exact) mass is 315 g/mol. The Balaban J connectivity index is 2.34. The molecule has 1 unspecified atom stereocenters. The summed E-state index contributed by atoms with van der Waals surface area (Å²) in [5, 5.41) is 11.5. The Hall–Kier alpha value is -2.42. The number of nitriles is 1. The second-order valence-corrected chi connectivity index (χ2v) is 6.79. The standard InChI is InChI=1S/C17H21N3O3/c1-4-5-10(9-18)19-15(22)12-6-11-13(20-16(12)23)7-17(2,3)8-14(11)21/h6,10H,4-5,7-8H2,1-3H3,(H,19,22)(H,20,23). The molecule has 0 spiro atoms. The molecule has 6 heteroatoms. The van der Waals surface area contributed by atoms with Crippen LogP contribution in [0.1, 0.15) is 66.4 Å². The third-order valence-corrected chi connectivity index (χ3v) is 4.00. The second kappa shape index (κ2) is 6.37. The van der Waals surface area contributed by atoms with Crippen LogP contribution in [-0.4, -0.2) is 22.7 Å². The average molecular weight is 315 g/mol. The number of ketones is 1. The maximum absolute atomic E-state index is 12.3. The van der Waals surface area contributed by atoms with E-state index in [2.05, 4.69) is 10.3 Å². The number of H-pyrrole nitrogens is 1. The van der Waals surface area contributed by atoms with Crippen LogP contribution in [-0.2, 0) is 6.42 Å². The van der Waals surface area contributed by atoms with Gasteiger partial charge in [0.05, 0.1) is 6.07 Å². The Morgan fingerprint density at radius 2 is 2.13 bits per heavy atom. The molecule has 0 fully saturated rings. The maximum atomic E-state index is 12.3. The van der Waals surface area contributed by atoms with Crippen molar-refractivity contribution >= 4 is 11.7 Å². The summed E-state index contributed by atoms with van der Waals surface area (Å²) in [6.45, 7) is 5.84. The normalized spacial score (nSPS) is 17.0. The molecule has 1 aromatic heterocycles. The largest absolute Gasteiger partial charge is 0.336 e. The van der Waals surface area contributed by atoms with Gasteiger partial charge in [0.2, 0.25) is 0 Å². The van der Waals surface area contributed by atoms with Gasteiger partial charge in [-0.05, 0) is 24.3 Å². The lowest BCUT2D eigenvalue weighted by Gasteiger charge is -2.29. The number of hydrogen-bond donors (Lipinski definition) is 2. The Morgan fingerprint density at radius 1 is 1.43 bits per heavy atom. The number of carbonyl (C=O) groups excluding carboxylic acids is 2. The number of amides is 1. The van der Waals surface area contributed by atoms with Crippen LogP contribution in [0.15, 0.2) is 10.9 Å². The molecule has 0 radical (unpaired) electrons. The predicted octanol–water partition coefficient (Wildman–Crippen LogP) is 1.95. The van der Waals surface area contributed by atoms with E-state index in [0.29, 0.717) is 30.5 Å². The number of fused-ring (bicyclic) bond motifs is 1. The summed E-state index contributed by atoms with van der Waals surface area (Å²) in [4.78, 5) is 39.3. The number of rotatable bonds is 4. The average Bonchev–Trinajstić information content (AvgIpc) is 2.44. The van der Waals surface area contributed by atoms with E-state index in [1.807, 2.05) is 26.8 Å². The van der Waals surface area contributed by atoms with Crippen LogP contribution < -0.4 is 10.9 Å². The fourth-order valence-corrected chi connectivity index (χ4v) is 2.89. The molecule has 1 aliphatic carbocycles. The first-order valence-corrected chi connectivity index (χ1v) is 7.77. The molecule has 1 atom stereocenters. The van der Waals surface area contributed by atoms with Gasteiger partial charge in [-0.25, -0.2) is 0 Å². The van der Waals surface area contributed by atoms with Crippen LogP contribution in [0.25, 0.3) is 0 Å². The van der Waals surface area contributed by atoms with Crippen LogP contribution in [0.4, 0.5) is 0 Å². The summed E-state index contributed by atoms with van der Waals surface area (Å²) >= 11 is 0. The van der Waals surface area contributed by atoms with Crippen molar-refractivity contribution in [1.82, 2.24) is 10.3 Å². The van der Waals surface area contributed by atoms with Crippen molar-refractivity contribution in [2.75, 3.05) is 0 Å². The molecule has 0 aromatic carbocycles. The highest BCUT2D eigenvalue weighted by atomic mass is 16.2. The first kappa shape index (κ1) is 16.9. The van der Waals surface area contributed by atoms with E-state index in [0.717, 1.165) is 6.42 Å². The number of Topliss-reactive ketones (excluding diaryl/α,β-unsaturated/α-hetero) is 1. The molecule has 0 bridgehead atoms. The van der Waals surface area contributed by atoms with Gasteiger partial charge in [-0.15, -0.1) is 0 Å². The number of pyridine rings is 1. The Morgan fingerprint density at radius 3 is 2.74 bits per heavy atom. The van der Waals surface area contributed by atoms with Gasteiger partial charge in [0.25, 0.3) is 11.5 Å². The van der Waals surface area contributed by atoms with Crippen LogP contribution >= 0.6 is 0 Å². The molecule has 1 amide bonds. The second-order valence-electron chi connectivity index (χ2n) is 6.79. The molecule has 0 aliphatic heterocycles. The van der Waals surface area contributed by atoms with E-state index < -0.39 is 17.5 Å². The van der Waals surface area contributed by atoms with Crippen molar-refractivity contribution in [3.63, 3.8) is 0 Å². The summed E-state index contributed by atoms with van der Waals surface area (Å²) in [5.41, 5.74) is 0.133. The molecular formula is C17H21N3O3. The quantitative estimate of drug-likeness (QED) is 0.886. The molecule has 6 nitrogen and oxygen atoms in total. The highest BCUT2D eigenvalue weighted by Crippen LogP contribution is 2.33. The van der Waals surface area contributed by atoms with Crippen molar-refractivity contribution in [3.8, 4) is 6.07 Å². The van der Waals surface area contributed by atoms with Gasteiger partial charge in [-0.1, -0.05) is 27.2 Å². The predicted molar refractivity (Wildman–Crippen MR) is 85.3 cm³/mol. The molecule has 1 heterocycles. The number of aromatic nitrogens is 1. The van der Waals surface area contributed by atoms with E-state index in [9.17, 15) is 14.4 Å². The van der Waals surface area contributed by atoms with Crippen LogP contribution in [0.3, 0.4) is 0 Å². The zero-order valence-electron chi connectivity index (χ0n) is 13.7. The molecule has 0 saturated heterocycles. The van der Waals surface area contributed by atoms with Gasteiger partial charge in [-0.3, -0.25) is 14.4 Å². The van der Waals surface area contributed by atoms with Gasteiger partial charge in [0, 0.05) is 17.7 Å². The summed E-state index contributed by atoms with van der Waals surface area (Å²) < 4.78 is 0. The fourth-order valence-electron chi connectivity index (χ4n) is 2.89. The number of nitrogens with one attached hydrogen (secondary N) is 2.